The van der Waals surface area contributed by atoms with Gasteiger partial charge in [-0.25, -0.2) is 4.68 Å². The number of hydrogen-bond donors (Lipinski definition) is 1. The lowest BCUT2D eigenvalue weighted by Gasteiger charge is -2.13. The summed E-state index contributed by atoms with van der Waals surface area (Å²) in [4.78, 5) is 23.7. The molecule has 9 nitrogen and oxygen atoms in total. The van der Waals surface area contributed by atoms with Crippen LogP contribution in [0.4, 0.5) is 5.69 Å². The van der Waals surface area contributed by atoms with Crippen molar-refractivity contribution in [1.29, 1.82) is 0 Å². The van der Waals surface area contributed by atoms with E-state index in [1.807, 2.05) is 6.92 Å². The number of anilines is 1. The first-order chi connectivity index (χ1) is 11.1. The summed E-state index contributed by atoms with van der Waals surface area (Å²) < 4.78 is 11.6. The van der Waals surface area contributed by atoms with E-state index in [-0.39, 0.29) is 6.54 Å². The van der Waals surface area contributed by atoms with Crippen molar-refractivity contribution in [3.8, 4) is 5.75 Å². The molecule has 0 saturated heterocycles. The number of aromatic nitrogens is 4. The number of amides is 1. The van der Waals surface area contributed by atoms with Crippen LogP contribution in [0.15, 0.2) is 30.6 Å². The molecule has 0 aliphatic carbocycles. The highest BCUT2D eigenvalue weighted by Gasteiger charge is 2.18. The molecule has 0 spiro atoms. The number of esters is 1. The van der Waals surface area contributed by atoms with Crippen LogP contribution in [-0.4, -0.2) is 44.8 Å². The molecule has 2 rings (SSSR count). The molecule has 1 heterocycles. The average Bonchev–Trinajstić information content (AvgIpc) is 3.02. The van der Waals surface area contributed by atoms with E-state index in [9.17, 15) is 9.59 Å². The van der Waals surface area contributed by atoms with Crippen molar-refractivity contribution in [1.82, 2.24) is 20.2 Å². The Morgan fingerprint density at radius 1 is 1.30 bits per heavy atom. The first-order valence-corrected chi connectivity index (χ1v) is 7.02. The van der Waals surface area contributed by atoms with Gasteiger partial charge in [0.15, 0.2) is 6.10 Å². The van der Waals surface area contributed by atoms with E-state index in [0.717, 1.165) is 0 Å². The smallest absolute Gasteiger partial charge is 0.328 e. The molecule has 122 valence electrons. The summed E-state index contributed by atoms with van der Waals surface area (Å²) in [7, 11) is 0. The summed E-state index contributed by atoms with van der Waals surface area (Å²) in [5.74, 6) is -0.322. The Hall–Kier alpha value is -2.97. The number of carbonyl (C=O) groups excluding carboxylic acids is 2. The van der Waals surface area contributed by atoms with Gasteiger partial charge >= 0.3 is 5.97 Å². The third-order valence-corrected chi connectivity index (χ3v) is 2.79. The molecule has 1 aromatic carbocycles. The van der Waals surface area contributed by atoms with E-state index in [1.54, 1.807) is 24.3 Å². The molecule has 1 atom stereocenters. The van der Waals surface area contributed by atoms with Gasteiger partial charge in [0.05, 0.1) is 6.61 Å². The molecule has 0 radical (unpaired) electrons. The SMILES string of the molecule is CCOc1ccc(NC(=O)[C@H](C)OC(=O)Cn2cnnn2)cc1. The minimum Gasteiger partial charge on any atom is -0.494 e. The largest absolute Gasteiger partial charge is 0.494 e. The van der Waals surface area contributed by atoms with Crippen molar-refractivity contribution in [2.24, 2.45) is 0 Å². The second kappa shape index (κ2) is 7.87. The van der Waals surface area contributed by atoms with Crippen LogP contribution in [-0.2, 0) is 20.9 Å². The van der Waals surface area contributed by atoms with Crippen molar-refractivity contribution >= 4 is 17.6 Å². The van der Waals surface area contributed by atoms with Crippen molar-refractivity contribution in [3.05, 3.63) is 30.6 Å². The molecular formula is C14H17N5O4. The van der Waals surface area contributed by atoms with Gasteiger partial charge < -0.3 is 14.8 Å². The van der Waals surface area contributed by atoms with E-state index in [2.05, 4.69) is 20.8 Å². The zero-order valence-corrected chi connectivity index (χ0v) is 12.8. The normalized spacial score (nSPS) is 11.6. The lowest BCUT2D eigenvalue weighted by molar-refractivity contribution is -0.153. The van der Waals surface area contributed by atoms with E-state index < -0.39 is 18.0 Å². The van der Waals surface area contributed by atoms with Crippen LogP contribution < -0.4 is 10.1 Å². The Kier molecular flexibility index (Phi) is 5.61. The molecule has 0 saturated carbocycles. The molecule has 1 N–H and O–H groups in total. The number of ether oxygens (including phenoxy) is 2. The molecule has 0 aliphatic rings. The van der Waals surface area contributed by atoms with Crippen molar-refractivity contribution in [3.63, 3.8) is 0 Å². The van der Waals surface area contributed by atoms with Gasteiger partial charge in [-0.2, -0.15) is 0 Å². The summed E-state index contributed by atoms with van der Waals surface area (Å²) in [6, 6.07) is 6.90. The Balaban J connectivity index is 1.83. The molecule has 0 aliphatic heterocycles. The maximum atomic E-state index is 12.0. The van der Waals surface area contributed by atoms with Gasteiger partial charge in [0.1, 0.15) is 18.6 Å². The first kappa shape index (κ1) is 16.4. The van der Waals surface area contributed by atoms with Gasteiger partial charge in [0, 0.05) is 5.69 Å². The Bertz CT molecular complexity index is 642. The van der Waals surface area contributed by atoms with Gasteiger partial charge in [0.25, 0.3) is 5.91 Å². The lowest BCUT2D eigenvalue weighted by Crippen LogP contribution is -2.31. The summed E-state index contributed by atoms with van der Waals surface area (Å²) in [6.07, 6.45) is 0.344. The van der Waals surface area contributed by atoms with E-state index in [0.29, 0.717) is 18.0 Å². The van der Waals surface area contributed by atoms with Crippen LogP contribution in [0.5, 0.6) is 5.75 Å². The van der Waals surface area contributed by atoms with Crippen LogP contribution >= 0.6 is 0 Å². The highest BCUT2D eigenvalue weighted by atomic mass is 16.5. The lowest BCUT2D eigenvalue weighted by atomic mass is 10.3. The summed E-state index contributed by atoms with van der Waals surface area (Å²) in [6.45, 7) is 3.79. The fraction of sp³-hybridized carbons (Fsp3) is 0.357. The molecule has 23 heavy (non-hydrogen) atoms. The highest BCUT2D eigenvalue weighted by molar-refractivity contribution is 5.95. The molecule has 9 heteroatoms. The Morgan fingerprint density at radius 3 is 2.65 bits per heavy atom. The number of nitrogens with zero attached hydrogens (tertiary/aromatic N) is 4. The minimum atomic E-state index is -0.939. The molecule has 0 bridgehead atoms. The number of carbonyl (C=O) groups is 2. The maximum absolute atomic E-state index is 12.0. The molecule has 1 aromatic heterocycles. The quantitative estimate of drug-likeness (QED) is 0.746. The number of benzene rings is 1. The second-order valence-corrected chi connectivity index (χ2v) is 4.59. The number of rotatable bonds is 7. The summed E-state index contributed by atoms with van der Waals surface area (Å²) in [5, 5.41) is 13.0. The topological polar surface area (TPSA) is 108 Å². The number of hydrogen-bond acceptors (Lipinski definition) is 7. The van der Waals surface area contributed by atoms with Crippen LogP contribution in [0, 0.1) is 0 Å². The molecule has 2 aromatic rings. The van der Waals surface area contributed by atoms with E-state index in [4.69, 9.17) is 9.47 Å². The highest BCUT2D eigenvalue weighted by Crippen LogP contribution is 2.16. The van der Waals surface area contributed by atoms with Gasteiger partial charge in [0.2, 0.25) is 0 Å². The summed E-state index contributed by atoms with van der Waals surface area (Å²) in [5.41, 5.74) is 0.585. The molecule has 0 fully saturated rings. The maximum Gasteiger partial charge on any atom is 0.328 e. The first-order valence-electron chi connectivity index (χ1n) is 7.02. The van der Waals surface area contributed by atoms with Crippen molar-refractivity contribution in [2.75, 3.05) is 11.9 Å². The van der Waals surface area contributed by atoms with Crippen LogP contribution in [0.1, 0.15) is 13.8 Å². The van der Waals surface area contributed by atoms with E-state index >= 15 is 0 Å². The van der Waals surface area contributed by atoms with Gasteiger partial charge in [-0.15, -0.1) is 5.10 Å². The standard InChI is InChI=1S/C14H17N5O4/c1-3-22-12-6-4-11(5-7-12)16-14(21)10(2)23-13(20)8-19-9-15-17-18-19/h4-7,9-10H,3,8H2,1-2H3,(H,16,21)/t10-/m0/s1. The zero-order valence-electron chi connectivity index (χ0n) is 12.8. The fourth-order valence-electron chi connectivity index (χ4n) is 1.72. The van der Waals surface area contributed by atoms with E-state index in [1.165, 1.54) is 17.9 Å². The average molecular weight is 319 g/mol. The number of nitrogens with one attached hydrogen (secondary N) is 1. The predicted octanol–water partition coefficient (Wildman–Crippen LogP) is 0.642. The van der Waals surface area contributed by atoms with Crippen molar-refractivity contribution < 1.29 is 19.1 Å². The van der Waals surface area contributed by atoms with Crippen molar-refractivity contribution in [2.45, 2.75) is 26.5 Å². The fourth-order valence-corrected chi connectivity index (χ4v) is 1.72. The Labute approximate surface area is 132 Å². The monoisotopic (exact) mass is 319 g/mol. The number of tetrazole rings is 1. The van der Waals surface area contributed by atoms with Crippen LogP contribution in [0.25, 0.3) is 0 Å². The third-order valence-electron chi connectivity index (χ3n) is 2.79. The van der Waals surface area contributed by atoms with Gasteiger partial charge in [-0.05, 0) is 48.5 Å². The van der Waals surface area contributed by atoms with Gasteiger partial charge in [-0.3, -0.25) is 9.59 Å². The second-order valence-electron chi connectivity index (χ2n) is 4.59. The van der Waals surface area contributed by atoms with Crippen LogP contribution in [0.3, 0.4) is 0 Å². The zero-order chi connectivity index (χ0) is 16.7. The Morgan fingerprint density at radius 2 is 2.04 bits per heavy atom. The molecular weight excluding hydrogens is 302 g/mol. The predicted molar refractivity (Wildman–Crippen MR) is 79.6 cm³/mol. The van der Waals surface area contributed by atoms with Crippen LogP contribution in [0.2, 0.25) is 0 Å². The summed E-state index contributed by atoms with van der Waals surface area (Å²) >= 11 is 0. The molecule has 0 unspecified atom stereocenters. The third kappa shape index (κ3) is 5.06. The molecule has 1 amide bonds. The van der Waals surface area contributed by atoms with Gasteiger partial charge in [-0.1, -0.05) is 0 Å². The minimum absolute atomic E-state index is 0.159.